The Morgan fingerprint density at radius 1 is 1.47 bits per heavy atom. The highest BCUT2D eigenvalue weighted by Crippen LogP contribution is 2.29. The minimum atomic E-state index is -0.839. The van der Waals surface area contributed by atoms with Crippen molar-refractivity contribution in [3.8, 4) is 0 Å². The minimum absolute atomic E-state index is 0.130. The van der Waals surface area contributed by atoms with Crippen molar-refractivity contribution in [2.24, 2.45) is 5.92 Å². The fraction of sp³-hybridized carbons (Fsp3) is 0.667. The van der Waals surface area contributed by atoms with Crippen molar-refractivity contribution < 1.29 is 14.7 Å². The molecular weight excluding hydrogens is 266 g/mol. The average Bonchev–Trinajstić information content (AvgIpc) is 2.93. The zero-order valence-corrected chi connectivity index (χ0v) is 12.0. The van der Waals surface area contributed by atoms with Crippen LogP contribution >= 0.6 is 11.5 Å². The summed E-state index contributed by atoms with van der Waals surface area (Å²) in [5.41, 5.74) is 0.695. The summed E-state index contributed by atoms with van der Waals surface area (Å²) in [5.74, 6) is -1.33. The van der Waals surface area contributed by atoms with E-state index in [4.69, 9.17) is 5.11 Å². The Kier molecular flexibility index (Phi) is 3.84. The molecule has 0 saturated carbocycles. The average molecular weight is 283 g/mol. The van der Waals surface area contributed by atoms with E-state index in [1.165, 1.54) is 0 Å². The fourth-order valence-corrected chi connectivity index (χ4v) is 3.19. The molecule has 2 unspecified atom stereocenters. The molecule has 1 aliphatic heterocycles. The summed E-state index contributed by atoms with van der Waals surface area (Å²) >= 11 is 1.08. The van der Waals surface area contributed by atoms with Crippen molar-refractivity contribution in [3.63, 3.8) is 0 Å². The van der Waals surface area contributed by atoms with Crippen molar-refractivity contribution in [1.29, 1.82) is 0 Å². The molecule has 2 rings (SSSR count). The summed E-state index contributed by atoms with van der Waals surface area (Å²) in [7, 11) is 0. The summed E-state index contributed by atoms with van der Waals surface area (Å²) in [5, 5.41) is 13.1. The third-order valence-corrected chi connectivity index (χ3v) is 4.32. The van der Waals surface area contributed by atoms with Gasteiger partial charge < -0.3 is 10.0 Å². The number of carboxylic acids is 1. The zero-order valence-electron chi connectivity index (χ0n) is 11.2. The number of amides is 1. The van der Waals surface area contributed by atoms with Crippen LogP contribution in [0.3, 0.4) is 0 Å². The molecule has 1 aliphatic rings. The summed E-state index contributed by atoms with van der Waals surface area (Å²) in [6.45, 7) is 6.18. The molecule has 0 bridgehead atoms. The molecule has 2 heterocycles. The van der Waals surface area contributed by atoms with Crippen LogP contribution in [0.4, 0.5) is 0 Å². The van der Waals surface area contributed by atoms with Gasteiger partial charge >= 0.3 is 5.97 Å². The van der Waals surface area contributed by atoms with Crippen LogP contribution in [-0.4, -0.2) is 44.1 Å². The van der Waals surface area contributed by atoms with Crippen LogP contribution in [0.2, 0.25) is 0 Å². The summed E-state index contributed by atoms with van der Waals surface area (Å²) in [6.07, 6.45) is 0.505. The van der Waals surface area contributed by atoms with Crippen molar-refractivity contribution in [3.05, 3.63) is 10.6 Å². The number of hydrogen-bond donors (Lipinski definition) is 1. The minimum Gasteiger partial charge on any atom is -0.481 e. The lowest BCUT2D eigenvalue weighted by molar-refractivity contribution is -0.142. The predicted octanol–water partition coefficient (Wildman–Crippen LogP) is 1.60. The Morgan fingerprint density at radius 3 is 2.68 bits per heavy atom. The van der Waals surface area contributed by atoms with E-state index in [0.29, 0.717) is 23.5 Å². The van der Waals surface area contributed by atoms with Gasteiger partial charge in [-0.05, 0) is 30.8 Å². The first kappa shape index (κ1) is 13.9. The largest absolute Gasteiger partial charge is 0.481 e. The molecule has 7 heteroatoms. The van der Waals surface area contributed by atoms with E-state index >= 15 is 0 Å². The molecule has 0 aliphatic carbocycles. The molecule has 1 amide bonds. The number of carbonyl (C=O) groups is 2. The van der Waals surface area contributed by atoms with E-state index in [0.717, 1.165) is 11.5 Å². The Morgan fingerprint density at radius 2 is 2.16 bits per heavy atom. The van der Waals surface area contributed by atoms with E-state index in [2.05, 4.69) is 9.59 Å². The third-order valence-electron chi connectivity index (χ3n) is 3.59. The molecular formula is C12H17N3O3S. The summed E-state index contributed by atoms with van der Waals surface area (Å²) in [6, 6.07) is -0.285. The van der Waals surface area contributed by atoms with E-state index in [1.54, 1.807) is 11.8 Å². The van der Waals surface area contributed by atoms with Gasteiger partial charge in [0.25, 0.3) is 5.91 Å². The van der Waals surface area contributed by atoms with Gasteiger partial charge in [-0.3, -0.25) is 9.59 Å². The Labute approximate surface area is 115 Å². The number of carbonyl (C=O) groups excluding carboxylic acids is 1. The first-order valence-corrected chi connectivity index (χ1v) is 7.06. The lowest BCUT2D eigenvalue weighted by atomic mass is 10.0. The van der Waals surface area contributed by atoms with Crippen molar-refractivity contribution in [2.75, 3.05) is 6.54 Å². The summed E-state index contributed by atoms with van der Waals surface area (Å²) in [4.78, 5) is 25.7. The van der Waals surface area contributed by atoms with Crippen LogP contribution in [0.5, 0.6) is 0 Å². The lowest BCUT2D eigenvalue weighted by Crippen LogP contribution is -2.37. The maximum Gasteiger partial charge on any atom is 0.308 e. The Balaban J connectivity index is 2.21. The SMILES string of the molecule is CC(C)c1nnsc1C(=O)N1CCC(C(=O)O)C1C. The fourth-order valence-electron chi connectivity index (χ4n) is 2.41. The maximum absolute atomic E-state index is 12.5. The number of aromatic nitrogens is 2. The second kappa shape index (κ2) is 5.24. The highest BCUT2D eigenvalue weighted by Gasteiger charge is 2.39. The van der Waals surface area contributed by atoms with Gasteiger partial charge in [0.05, 0.1) is 11.6 Å². The number of hydrogen-bond acceptors (Lipinski definition) is 5. The highest BCUT2D eigenvalue weighted by atomic mass is 32.1. The van der Waals surface area contributed by atoms with Gasteiger partial charge in [-0.15, -0.1) is 5.10 Å². The van der Waals surface area contributed by atoms with Crippen LogP contribution in [0.1, 0.15) is 48.5 Å². The van der Waals surface area contributed by atoms with E-state index in [1.807, 2.05) is 13.8 Å². The molecule has 0 spiro atoms. The molecule has 1 saturated heterocycles. The predicted molar refractivity (Wildman–Crippen MR) is 70.2 cm³/mol. The molecule has 1 fully saturated rings. The van der Waals surface area contributed by atoms with E-state index in [9.17, 15) is 9.59 Å². The second-order valence-electron chi connectivity index (χ2n) is 5.11. The molecule has 2 atom stereocenters. The smallest absolute Gasteiger partial charge is 0.308 e. The topological polar surface area (TPSA) is 83.4 Å². The normalized spacial score (nSPS) is 23.1. The van der Waals surface area contributed by atoms with Crippen LogP contribution in [0.25, 0.3) is 0 Å². The number of rotatable bonds is 3. The first-order chi connectivity index (χ1) is 8.93. The number of aliphatic carboxylic acids is 1. The van der Waals surface area contributed by atoms with Crippen LogP contribution < -0.4 is 0 Å². The molecule has 1 aromatic heterocycles. The van der Waals surface area contributed by atoms with Gasteiger partial charge in [0.15, 0.2) is 0 Å². The third kappa shape index (κ3) is 2.47. The summed E-state index contributed by atoms with van der Waals surface area (Å²) < 4.78 is 3.84. The molecule has 6 nitrogen and oxygen atoms in total. The van der Waals surface area contributed by atoms with E-state index < -0.39 is 11.9 Å². The lowest BCUT2D eigenvalue weighted by Gasteiger charge is -2.23. The zero-order chi connectivity index (χ0) is 14.2. The number of nitrogens with zero attached hydrogens (tertiary/aromatic N) is 3. The van der Waals surface area contributed by atoms with Crippen molar-refractivity contribution >= 4 is 23.4 Å². The van der Waals surface area contributed by atoms with E-state index in [-0.39, 0.29) is 17.9 Å². The monoisotopic (exact) mass is 283 g/mol. The van der Waals surface area contributed by atoms with Crippen LogP contribution in [-0.2, 0) is 4.79 Å². The quantitative estimate of drug-likeness (QED) is 0.911. The van der Waals surface area contributed by atoms with Gasteiger partial charge in [0, 0.05) is 12.6 Å². The van der Waals surface area contributed by atoms with Crippen molar-refractivity contribution in [1.82, 2.24) is 14.5 Å². The Hall–Kier alpha value is -1.50. The maximum atomic E-state index is 12.5. The molecule has 104 valence electrons. The first-order valence-electron chi connectivity index (χ1n) is 6.29. The highest BCUT2D eigenvalue weighted by molar-refractivity contribution is 7.08. The second-order valence-corrected chi connectivity index (χ2v) is 5.87. The van der Waals surface area contributed by atoms with Gasteiger partial charge in [-0.1, -0.05) is 18.3 Å². The van der Waals surface area contributed by atoms with Crippen molar-refractivity contribution in [2.45, 2.75) is 39.2 Å². The molecule has 0 aromatic carbocycles. The van der Waals surface area contributed by atoms with Gasteiger partial charge in [0.2, 0.25) is 0 Å². The van der Waals surface area contributed by atoms with Gasteiger partial charge in [0.1, 0.15) is 4.88 Å². The van der Waals surface area contributed by atoms with Gasteiger partial charge in [-0.2, -0.15) is 0 Å². The van der Waals surface area contributed by atoms with Gasteiger partial charge in [-0.25, -0.2) is 0 Å². The van der Waals surface area contributed by atoms with Crippen LogP contribution in [0.15, 0.2) is 0 Å². The molecule has 0 radical (unpaired) electrons. The Bertz CT molecular complexity index is 500. The standard InChI is InChI=1S/C12H17N3O3S/c1-6(2)9-10(19-14-13-9)11(16)15-5-4-8(7(15)3)12(17)18/h6-8H,4-5H2,1-3H3,(H,17,18). The number of carboxylic acid groups (broad SMARTS) is 1. The molecule has 19 heavy (non-hydrogen) atoms. The molecule has 1 N–H and O–H groups in total. The van der Waals surface area contributed by atoms with Crippen LogP contribution in [0, 0.1) is 5.92 Å². The number of likely N-dealkylation sites (tertiary alicyclic amines) is 1. The molecule has 1 aromatic rings.